The van der Waals surface area contributed by atoms with Gasteiger partial charge in [-0.15, -0.1) is 0 Å². The number of carbonyl (C=O) groups is 1. The molecular formula is C15H22N2O5. The summed E-state index contributed by atoms with van der Waals surface area (Å²) >= 11 is 0. The molecule has 0 aromatic rings. The summed E-state index contributed by atoms with van der Waals surface area (Å²) in [4.78, 5) is 39.0. The monoisotopic (exact) mass is 310 g/mol. The molecule has 0 fully saturated rings. The van der Waals surface area contributed by atoms with Gasteiger partial charge in [-0.05, 0) is 19.8 Å². The van der Waals surface area contributed by atoms with Gasteiger partial charge in [-0.3, -0.25) is 0 Å². The summed E-state index contributed by atoms with van der Waals surface area (Å²) in [7, 11) is 0. The van der Waals surface area contributed by atoms with Crippen LogP contribution >= 0.6 is 0 Å². The van der Waals surface area contributed by atoms with Gasteiger partial charge in [0.1, 0.15) is 6.61 Å². The Hall–Kier alpha value is -2.07. The molecule has 122 valence electrons. The smallest absolute Gasteiger partial charge is 0.333 e. The van der Waals surface area contributed by atoms with Crippen molar-refractivity contribution in [2.24, 2.45) is 9.98 Å². The van der Waals surface area contributed by atoms with Gasteiger partial charge in [0, 0.05) is 12.0 Å². The lowest BCUT2D eigenvalue weighted by Gasteiger charge is -2.13. The van der Waals surface area contributed by atoms with Crippen molar-refractivity contribution in [3.63, 3.8) is 0 Å². The Labute approximate surface area is 129 Å². The average Bonchev–Trinajstić information content (AvgIpc) is 2.48. The Balaban J connectivity index is 4.16. The fourth-order valence-electron chi connectivity index (χ4n) is 1.75. The van der Waals surface area contributed by atoms with Crippen LogP contribution in [-0.4, -0.2) is 48.5 Å². The van der Waals surface area contributed by atoms with Gasteiger partial charge in [-0.1, -0.05) is 19.4 Å². The van der Waals surface area contributed by atoms with Crippen molar-refractivity contribution in [2.75, 3.05) is 13.2 Å². The van der Waals surface area contributed by atoms with Crippen molar-refractivity contribution in [2.45, 2.75) is 51.2 Å². The van der Waals surface area contributed by atoms with Gasteiger partial charge in [0.25, 0.3) is 0 Å². The van der Waals surface area contributed by atoms with Gasteiger partial charge in [0.2, 0.25) is 12.2 Å². The number of unbranched alkanes of at least 4 members (excludes halogenated alkanes) is 2. The summed E-state index contributed by atoms with van der Waals surface area (Å²) in [5.41, 5.74) is 0.204. The molecule has 1 N–H and O–H groups in total. The van der Waals surface area contributed by atoms with Crippen LogP contribution in [0.3, 0.4) is 0 Å². The number of rotatable bonds is 12. The van der Waals surface area contributed by atoms with E-state index in [0.29, 0.717) is 13.0 Å². The van der Waals surface area contributed by atoms with Gasteiger partial charge in [0.15, 0.2) is 0 Å². The van der Waals surface area contributed by atoms with Crippen LogP contribution in [0.25, 0.3) is 0 Å². The molecule has 0 aliphatic rings. The molecule has 0 aliphatic carbocycles. The third-order valence-electron chi connectivity index (χ3n) is 2.83. The normalized spacial score (nSPS) is 12.5. The number of esters is 1. The van der Waals surface area contributed by atoms with E-state index in [1.54, 1.807) is 0 Å². The van der Waals surface area contributed by atoms with Gasteiger partial charge in [0.05, 0.1) is 18.7 Å². The number of hydrogen-bond acceptors (Lipinski definition) is 7. The molecule has 0 saturated carbocycles. The lowest BCUT2D eigenvalue weighted by molar-refractivity contribution is -0.141. The van der Waals surface area contributed by atoms with Crippen molar-refractivity contribution in [1.29, 1.82) is 0 Å². The maximum Gasteiger partial charge on any atom is 0.333 e. The molecule has 7 nitrogen and oxygen atoms in total. The van der Waals surface area contributed by atoms with Crippen LogP contribution in [0.5, 0.6) is 0 Å². The maximum absolute atomic E-state index is 11.6. The number of aliphatic imine (C=N–C) groups is 2. The Morgan fingerprint density at radius 2 is 2.00 bits per heavy atom. The highest BCUT2D eigenvalue weighted by Crippen LogP contribution is 2.15. The van der Waals surface area contributed by atoms with E-state index >= 15 is 0 Å². The minimum absolute atomic E-state index is 0.100. The van der Waals surface area contributed by atoms with E-state index in [9.17, 15) is 14.4 Å². The summed E-state index contributed by atoms with van der Waals surface area (Å²) in [6.45, 7) is 5.46. The lowest BCUT2D eigenvalue weighted by Crippen LogP contribution is -2.18. The number of isocyanates is 2. The highest BCUT2D eigenvalue weighted by molar-refractivity contribution is 5.87. The SMILES string of the molecule is C=C(CC(CCCCCN=C=O)N=C=O)C(=O)OCC(C)O. The Kier molecular flexibility index (Phi) is 11.5. The van der Waals surface area contributed by atoms with E-state index in [1.807, 2.05) is 0 Å². The molecule has 0 amide bonds. The summed E-state index contributed by atoms with van der Waals surface area (Å²) in [5.74, 6) is -0.604. The van der Waals surface area contributed by atoms with E-state index in [2.05, 4.69) is 16.6 Å². The molecule has 0 radical (unpaired) electrons. The van der Waals surface area contributed by atoms with Crippen LogP contribution in [-0.2, 0) is 19.1 Å². The first kappa shape index (κ1) is 19.9. The lowest BCUT2D eigenvalue weighted by atomic mass is 10.0. The summed E-state index contributed by atoms with van der Waals surface area (Å²) in [5, 5.41) is 9.05. The zero-order valence-electron chi connectivity index (χ0n) is 12.8. The zero-order chi connectivity index (χ0) is 16.8. The highest BCUT2D eigenvalue weighted by Gasteiger charge is 2.16. The van der Waals surface area contributed by atoms with E-state index in [-0.39, 0.29) is 24.6 Å². The third-order valence-corrected chi connectivity index (χ3v) is 2.83. The van der Waals surface area contributed by atoms with Crippen LogP contribution in [0.2, 0.25) is 0 Å². The zero-order valence-corrected chi connectivity index (χ0v) is 12.8. The first-order valence-corrected chi connectivity index (χ1v) is 7.14. The molecular weight excluding hydrogens is 288 g/mol. The third kappa shape index (κ3) is 10.7. The maximum atomic E-state index is 11.6. The standard InChI is InChI=1S/C15H22N2O5/c1-12(15(21)22-9-13(2)20)8-14(17-11-19)6-4-3-5-7-16-10-18/h13-14,20H,1,3-9H2,2H3. The predicted octanol–water partition coefficient (Wildman–Crippen LogP) is 1.46. The summed E-state index contributed by atoms with van der Waals surface area (Å²) < 4.78 is 4.84. The van der Waals surface area contributed by atoms with Gasteiger partial charge < -0.3 is 9.84 Å². The van der Waals surface area contributed by atoms with Crippen molar-refractivity contribution in [3.05, 3.63) is 12.2 Å². The second kappa shape index (κ2) is 12.7. The minimum atomic E-state index is -0.741. The molecule has 0 spiro atoms. The number of aliphatic hydroxyl groups is 1. The number of aliphatic hydroxyl groups excluding tert-OH is 1. The Bertz CT molecular complexity index is 449. The second-order valence-electron chi connectivity index (χ2n) is 4.95. The van der Waals surface area contributed by atoms with Crippen LogP contribution < -0.4 is 0 Å². The Morgan fingerprint density at radius 1 is 1.27 bits per heavy atom. The predicted molar refractivity (Wildman–Crippen MR) is 79.8 cm³/mol. The van der Waals surface area contributed by atoms with Gasteiger partial charge in [-0.2, -0.15) is 0 Å². The van der Waals surface area contributed by atoms with Crippen LogP contribution in [0, 0.1) is 0 Å². The number of ether oxygens (including phenoxy) is 1. The number of hydrogen-bond donors (Lipinski definition) is 1. The van der Waals surface area contributed by atoms with Crippen LogP contribution in [0.1, 0.15) is 39.0 Å². The topological polar surface area (TPSA) is 105 Å². The summed E-state index contributed by atoms with van der Waals surface area (Å²) in [6, 6.07) is -0.376. The molecule has 2 unspecified atom stereocenters. The van der Waals surface area contributed by atoms with E-state index in [4.69, 9.17) is 9.84 Å². The molecule has 22 heavy (non-hydrogen) atoms. The van der Waals surface area contributed by atoms with E-state index in [0.717, 1.165) is 19.3 Å². The first-order valence-electron chi connectivity index (χ1n) is 7.14. The van der Waals surface area contributed by atoms with Crippen molar-refractivity contribution < 1.29 is 24.2 Å². The van der Waals surface area contributed by atoms with Crippen LogP contribution in [0.15, 0.2) is 22.1 Å². The first-order chi connectivity index (χ1) is 10.5. The number of nitrogens with zero attached hydrogens (tertiary/aromatic N) is 2. The summed E-state index contributed by atoms with van der Waals surface area (Å²) in [6.07, 6.45) is 5.39. The van der Waals surface area contributed by atoms with E-state index < -0.39 is 12.1 Å². The molecule has 0 bridgehead atoms. The molecule has 7 heteroatoms. The minimum Gasteiger partial charge on any atom is -0.460 e. The average molecular weight is 310 g/mol. The van der Waals surface area contributed by atoms with Crippen molar-refractivity contribution in [3.8, 4) is 0 Å². The molecule has 0 rings (SSSR count). The molecule has 0 heterocycles. The molecule has 2 atom stereocenters. The van der Waals surface area contributed by atoms with E-state index in [1.165, 1.54) is 19.1 Å². The second-order valence-corrected chi connectivity index (χ2v) is 4.95. The fourth-order valence-corrected chi connectivity index (χ4v) is 1.75. The molecule has 0 aromatic heterocycles. The van der Waals surface area contributed by atoms with Crippen molar-refractivity contribution >= 4 is 18.1 Å². The molecule has 0 saturated heterocycles. The van der Waals surface area contributed by atoms with Crippen molar-refractivity contribution in [1.82, 2.24) is 0 Å². The fraction of sp³-hybridized carbons (Fsp3) is 0.667. The number of carbonyl (C=O) groups excluding carboxylic acids is 3. The highest BCUT2D eigenvalue weighted by atomic mass is 16.5. The quantitative estimate of drug-likeness (QED) is 0.193. The molecule has 0 aromatic carbocycles. The molecule has 0 aliphatic heterocycles. The van der Waals surface area contributed by atoms with Gasteiger partial charge >= 0.3 is 5.97 Å². The van der Waals surface area contributed by atoms with Crippen LogP contribution in [0.4, 0.5) is 0 Å². The van der Waals surface area contributed by atoms with Gasteiger partial charge in [-0.25, -0.2) is 24.4 Å². The largest absolute Gasteiger partial charge is 0.460 e. The Morgan fingerprint density at radius 3 is 2.59 bits per heavy atom.